The first-order chi connectivity index (χ1) is 7.50. The maximum atomic E-state index is 12.4. The second-order valence-electron chi connectivity index (χ2n) is 3.63. The number of benzene rings is 1. The number of hydrogen-bond donors (Lipinski definition) is 2. The van der Waals surface area contributed by atoms with Crippen LogP contribution in [0.25, 0.3) is 10.9 Å². The fraction of sp³-hybridized carbons (Fsp3) is 0.273. The molecule has 1 aromatic carbocycles. The lowest BCUT2D eigenvalue weighted by Gasteiger charge is -2.05. The molecule has 0 bridgehead atoms. The monoisotopic (exact) mass is 228 g/mol. The van der Waals surface area contributed by atoms with E-state index in [1.807, 2.05) is 0 Å². The zero-order chi connectivity index (χ0) is 11.8. The maximum absolute atomic E-state index is 12.4. The summed E-state index contributed by atoms with van der Waals surface area (Å²) in [6, 6.07) is 5.37. The molecule has 2 rings (SSSR count). The Morgan fingerprint density at radius 1 is 1.19 bits per heavy atom. The quantitative estimate of drug-likeness (QED) is 0.815. The largest absolute Gasteiger partial charge is 0.416 e. The maximum Gasteiger partial charge on any atom is 0.416 e. The van der Waals surface area contributed by atoms with E-state index < -0.39 is 11.7 Å². The molecule has 0 spiro atoms. The van der Waals surface area contributed by atoms with E-state index in [-0.39, 0.29) is 0 Å². The van der Waals surface area contributed by atoms with Crippen LogP contribution in [0.1, 0.15) is 11.3 Å². The number of nitrogens with two attached hydrogens (primary N) is 1. The van der Waals surface area contributed by atoms with E-state index in [2.05, 4.69) is 4.98 Å². The van der Waals surface area contributed by atoms with Gasteiger partial charge in [0.2, 0.25) is 0 Å². The third-order valence-corrected chi connectivity index (χ3v) is 2.42. The van der Waals surface area contributed by atoms with Gasteiger partial charge in [-0.25, -0.2) is 0 Å². The molecule has 0 saturated heterocycles. The molecule has 86 valence electrons. The van der Waals surface area contributed by atoms with Gasteiger partial charge in [-0.3, -0.25) is 0 Å². The van der Waals surface area contributed by atoms with Crippen molar-refractivity contribution >= 4 is 10.9 Å². The van der Waals surface area contributed by atoms with E-state index in [9.17, 15) is 13.2 Å². The van der Waals surface area contributed by atoms with E-state index in [0.717, 1.165) is 17.8 Å². The lowest BCUT2D eigenvalue weighted by Crippen LogP contribution is -2.03. The Labute approximate surface area is 90.3 Å². The van der Waals surface area contributed by atoms with Crippen molar-refractivity contribution in [3.05, 3.63) is 35.5 Å². The van der Waals surface area contributed by atoms with E-state index >= 15 is 0 Å². The third kappa shape index (κ3) is 2.04. The predicted octanol–water partition coefficient (Wildman–Crippen LogP) is 2.69. The molecule has 0 aliphatic carbocycles. The van der Waals surface area contributed by atoms with Crippen molar-refractivity contribution in [3.63, 3.8) is 0 Å². The van der Waals surface area contributed by atoms with Crippen LogP contribution in [0.5, 0.6) is 0 Å². The molecule has 0 amide bonds. The highest BCUT2D eigenvalue weighted by Crippen LogP contribution is 2.31. The topological polar surface area (TPSA) is 41.8 Å². The van der Waals surface area contributed by atoms with Gasteiger partial charge in [-0.2, -0.15) is 13.2 Å². The van der Waals surface area contributed by atoms with Crippen LogP contribution in [0.4, 0.5) is 13.2 Å². The number of fused-ring (bicyclic) bond motifs is 1. The number of alkyl halides is 3. The van der Waals surface area contributed by atoms with E-state index in [4.69, 9.17) is 5.73 Å². The second kappa shape index (κ2) is 3.83. The molecular formula is C11H11F3N2. The van der Waals surface area contributed by atoms with Crippen molar-refractivity contribution < 1.29 is 13.2 Å². The van der Waals surface area contributed by atoms with Gasteiger partial charge < -0.3 is 10.7 Å². The summed E-state index contributed by atoms with van der Waals surface area (Å²) >= 11 is 0. The van der Waals surface area contributed by atoms with E-state index in [1.165, 1.54) is 6.07 Å². The number of H-pyrrole nitrogens is 1. The van der Waals surface area contributed by atoms with Crippen LogP contribution >= 0.6 is 0 Å². The summed E-state index contributed by atoms with van der Waals surface area (Å²) in [4.78, 5) is 3.03. The van der Waals surface area contributed by atoms with Gasteiger partial charge in [0.1, 0.15) is 0 Å². The van der Waals surface area contributed by atoms with Crippen LogP contribution in [-0.4, -0.2) is 11.5 Å². The highest BCUT2D eigenvalue weighted by Gasteiger charge is 2.30. The van der Waals surface area contributed by atoms with Gasteiger partial charge >= 0.3 is 6.18 Å². The molecule has 3 N–H and O–H groups in total. The summed E-state index contributed by atoms with van der Waals surface area (Å²) in [5.41, 5.74) is 6.32. The Hall–Kier alpha value is -1.49. The van der Waals surface area contributed by atoms with Crippen molar-refractivity contribution in [3.8, 4) is 0 Å². The first kappa shape index (κ1) is 11.0. The van der Waals surface area contributed by atoms with Crippen molar-refractivity contribution in [2.24, 2.45) is 5.73 Å². The van der Waals surface area contributed by atoms with Crippen LogP contribution < -0.4 is 5.73 Å². The van der Waals surface area contributed by atoms with Crippen LogP contribution in [0, 0.1) is 0 Å². The molecule has 0 aliphatic rings. The molecule has 1 heterocycles. The van der Waals surface area contributed by atoms with Crippen LogP contribution in [-0.2, 0) is 12.6 Å². The van der Waals surface area contributed by atoms with Gasteiger partial charge in [0.25, 0.3) is 0 Å². The van der Waals surface area contributed by atoms with E-state index in [0.29, 0.717) is 23.9 Å². The molecule has 0 atom stereocenters. The normalized spacial score (nSPS) is 12.2. The standard InChI is InChI=1S/C11H11F3N2/c12-11(13,14)8-1-2-10-7(5-8)6-9(16-10)3-4-15/h1-2,5-6,16H,3-4,15H2. The highest BCUT2D eigenvalue weighted by atomic mass is 19.4. The highest BCUT2D eigenvalue weighted by molar-refractivity contribution is 5.81. The average Bonchev–Trinajstić information content (AvgIpc) is 2.57. The number of aromatic amines is 1. The van der Waals surface area contributed by atoms with Crippen molar-refractivity contribution in [2.45, 2.75) is 12.6 Å². The zero-order valence-corrected chi connectivity index (χ0v) is 8.43. The molecule has 2 aromatic rings. The first-order valence-corrected chi connectivity index (χ1v) is 4.89. The summed E-state index contributed by atoms with van der Waals surface area (Å²) in [6.07, 6.45) is -3.66. The zero-order valence-electron chi connectivity index (χ0n) is 8.43. The number of aromatic nitrogens is 1. The molecule has 0 saturated carbocycles. The molecule has 2 nitrogen and oxygen atoms in total. The lowest BCUT2D eigenvalue weighted by atomic mass is 10.1. The van der Waals surface area contributed by atoms with Gasteiger partial charge in [0.05, 0.1) is 5.56 Å². The molecule has 0 fully saturated rings. The number of nitrogens with one attached hydrogen (secondary N) is 1. The molecule has 0 radical (unpaired) electrons. The molecule has 5 heteroatoms. The number of rotatable bonds is 2. The summed E-state index contributed by atoms with van der Waals surface area (Å²) in [7, 11) is 0. The minimum absolute atomic E-state index is 0.471. The molecule has 0 aliphatic heterocycles. The lowest BCUT2D eigenvalue weighted by molar-refractivity contribution is -0.137. The van der Waals surface area contributed by atoms with Gasteiger partial charge in [-0.15, -0.1) is 0 Å². The Balaban J connectivity index is 2.46. The van der Waals surface area contributed by atoms with Crippen LogP contribution in [0.15, 0.2) is 24.3 Å². The molecular weight excluding hydrogens is 217 g/mol. The predicted molar refractivity (Wildman–Crippen MR) is 56.1 cm³/mol. The van der Waals surface area contributed by atoms with Crippen LogP contribution in [0.3, 0.4) is 0 Å². The number of halogens is 3. The second-order valence-corrected chi connectivity index (χ2v) is 3.63. The SMILES string of the molecule is NCCc1cc2cc(C(F)(F)F)ccc2[nH]1. The molecule has 16 heavy (non-hydrogen) atoms. The fourth-order valence-electron chi connectivity index (χ4n) is 1.66. The summed E-state index contributed by atoms with van der Waals surface area (Å²) in [5, 5.41) is 0.568. The molecule has 1 aromatic heterocycles. The Morgan fingerprint density at radius 3 is 2.56 bits per heavy atom. The summed E-state index contributed by atoms with van der Waals surface area (Å²) in [5.74, 6) is 0. The Morgan fingerprint density at radius 2 is 1.94 bits per heavy atom. The van der Waals surface area contributed by atoms with Crippen LogP contribution in [0.2, 0.25) is 0 Å². The van der Waals surface area contributed by atoms with Gasteiger partial charge in [0, 0.05) is 16.6 Å². The van der Waals surface area contributed by atoms with Gasteiger partial charge in [-0.05, 0) is 37.2 Å². The van der Waals surface area contributed by atoms with Crippen molar-refractivity contribution in [1.82, 2.24) is 4.98 Å². The van der Waals surface area contributed by atoms with Crippen molar-refractivity contribution in [1.29, 1.82) is 0 Å². The Bertz CT molecular complexity index is 499. The fourth-order valence-corrected chi connectivity index (χ4v) is 1.66. The third-order valence-electron chi connectivity index (χ3n) is 2.42. The first-order valence-electron chi connectivity index (χ1n) is 4.89. The average molecular weight is 228 g/mol. The van der Waals surface area contributed by atoms with Gasteiger partial charge in [0.15, 0.2) is 0 Å². The summed E-state index contributed by atoms with van der Waals surface area (Å²) < 4.78 is 37.3. The summed E-state index contributed by atoms with van der Waals surface area (Å²) in [6.45, 7) is 0.471. The smallest absolute Gasteiger partial charge is 0.358 e. The van der Waals surface area contributed by atoms with Crippen molar-refractivity contribution in [2.75, 3.05) is 6.54 Å². The minimum atomic E-state index is -4.29. The number of hydrogen-bond acceptors (Lipinski definition) is 1. The Kier molecular flexibility index (Phi) is 2.63. The van der Waals surface area contributed by atoms with E-state index in [1.54, 1.807) is 6.07 Å². The molecule has 0 unspecified atom stereocenters. The van der Waals surface area contributed by atoms with Gasteiger partial charge in [-0.1, -0.05) is 0 Å². The minimum Gasteiger partial charge on any atom is -0.358 e.